The lowest BCUT2D eigenvalue weighted by Crippen LogP contribution is -2.58. The highest BCUT2D eigenvalue weighted by molar-refractivity contribution is 5.96. The van der Waals surface area contributed by atoms with Gasteiger partial charge < -0.3 is 43.2 Å². The Labute approximate surface area is 230 Å². The quantitative estimate of drug-likeness (QED) is 0.123. The van der Waals surface area contributed by atoms with Crippen LogP contribution < -0.4 is 33.2 Å². The number of carbonyl (C=O) groups is 6. The van der Waals surface area contributed by atoms with Gasteiger partial charge in [0, 0.05) is 29.9 Å². The fraction of sp³-hybridized carbons (Fsp3) is 0.462. The Hall–Kier alpha value is -4.46. The van der Waals surface area contributed by atoms with Crippen molar-refractivity contribution in [3.8, 4) is 0 Å². The number of aromatic amines is 1. The highest BCUT2D eigenvalue weighted by Gasteiger charge is 2.33. The molecule has 5 amide bonds. The summed E-state index contributed by atoms with van der Waals surface area (Å²) in [5, 5.41) is 17.6. The van der Waals surface area contributed by atoms with E-state index in [9.17, 15) is 33.9 Å². The number of aromatic nitrogens is 1. The van der Waals surface area contributed by atoms with Crippen LogP contribution in [0.15, 0.2) is 30.5 Å². The maximum Gasteiger partial charge on any atom is 0.326 e. The molecule has 2 rings (SSSR count). The molecule has 1 aromatic carbocycles. The third-order valence-corrected chi connectivity index (χ3v) is 6.59. The Balaban J connectivity index is 2.31. The molecule has 0 bridgehead atoms. The highest BCUT2D eigenvalue weighted by atomic mass is 16.4. The molecule has 40 heavy (non-hydrogen) atoms. The van der Waals surface area contributed by atoms with Gasteiger partial charge in [0.1, 0.15) is 18.1 Å². The van der Waals surface area contributed by atoms with Crippen molar-refractivity contribution in [2.24, 2.45) is 23.1 Å². The molecule has 0 fully saturated rings. The van der Waals surface area contributed by atoms with E-state index >= 15 is 0 Å². The first kappa shape index (κ1) is 31.8. The second-order valence-electron chi connectivity index (χ2n) is 9.68. The number of amides is 5. The average Bonchev–Trinajstić information content (AvgIpc) is 3.31. The van der Waals surface area contributed by atoms with Crippen LogP contribution in [0.1, 0.15) is 45.1 Å². The number of nitrogens with two attached hydrogens (primary N) is 3. The predicted octanol–water partition coefficient (Wildman–Crippen LogP) is -1.24. The van der Waals surface area contributed by atoms with Crippen LogP contribution in [0, 0.1) is 5.92 Å². The van der Waals surface area contributed by atoms with Crippen LogP contribution in [0.25, 0.3) is 10.9 Å². The molecule has 218 valence electrons. The summed E-state index contributed by atoms with van der Waals surface area (Å²) in [5.74, 6) is -5.77. The van der Waals surface area contributed by atoms with Crippen molar-refractivity contribution in [3.63, 3.8) is 0 Å². The number of carboxylic acid groups (broad SMARTS) is 1. The van der Waals surface area contributed by atoms with Gasteiger partial charge in [0.15, 0.2) is 0 Å². The molecule has 0 saturated heterocycles. The van der Waals surface area contributed by atoms with Crippen LogP contribution in [0.4, 0.5) is 0 Å². The number of benzene rings is 1. The molecule has 0 spiro atoms. The minimum Gasteiger partial charge on any atom is -0.480 e. The number of para-hydroxylation sites is 1. The maximum atomic E-state index is 13.4. The van der Waals surface area contributed by atoms with Crippen molar-refractivity contribution in [2.45, 2.75) is 70.1 Å². The third-order valence-electron chi connectivity index (χ3n) is 6.59. The number of hydrogen-bond donors (Lipinski definition) is 8. The van der Waals surface area contributed by atoms with Crippen LogP contribution in [-0.2, 0) is 35.2 Å². The minimum absolute atomic E-state index is 0.0281. The second kappa shape index (κ2) is 14.6. The largest absolute Gasteiger partial charge is 0.480 e. The van der Waals surface area contributed by atoms with Gasteiger partial charge in [-0.1, -0.05) is 38.5 Å². The molecule has 11 N–H and O–H groups in total. The standard InChI is InChI=1S/C26H37N7O7/c1-3-13(2)22(26(39)40)33-25(38)19(11-21(29)35)32-24(37)18(31-23(36)16(27)8-9-20(28)34)10-14-12-30-17-7-5-4-6-15(14)17/h4-7,12-13,16,18-19,22,30H,3,8-11,27H2,1-2H3,(H2,28,34)(H2,29,35)(H,31,36)(H,32,37)(H,33,38)(H,39,40). The second-order valence-corrected chi connectivity index (χ2v) is 9.68. The summed E-state index contributed by atoms with van der Waals surface area (Å²) < 4.78 is 0. The van der Waals surface area contributed by atoms with E-state index in [-0.39, 0.29) is 19.3 Å². The van der Waals surface area contributed by atoms with Gasteiger partial charge >= 0.3 is 5.97 Å². The predicted molar refractivity (Wildman–Crippen MR) is 145 cm³/mol. The molecule has 0 aliphatic heterocycles. The van der Waals surface area contributed by atoms with E-state index in [1.807, 2.05) is 18.2 Å². The van der Waals surface area contributed by atoms with E-state index < -0.39 is 72.0 Å². The molecular weight excluding hydrogens is 522 g/mol. The number of H-pyrrole nitrogens is 1. The molecule has 14 nitrogen and oxygen atoms in total. The highest BCUT2D eigenvalue weighted by Crippen LogP contribution is 2.19. The van der Waals surface area contributed by atoms with E-state index in [0.29, 0.717) is 12.0 Å². The molecular formula is C26H37N7O7. The van der Waals surface area contributed by atoms with E-state index in [2.05, 4.69) is 20.9 Å². The zero-order chi connectivity index (χ0) is 30.0. The van der Waals surface area contributed by atoms with Gasteiger partial charge in [-0.05, 0) is 24.0 Å². The molecule has 1 aromatic heterocycles. The summed E-state index contributed by atoms with van der Waals surface area (Å²) in [6.45, 7) is 3.39. The van der Waals surface area contributed by atoms with Crippen molar-refractivity contribution in [1.82, 2.24) is 20.9 Å². The third kappa shape index (κ3) is 9.08. The first-order valence-electron chi connectivity index (χ1n) is 12.8. The molecule has 1 heterocycles. The van der Waals surface area contributed by atoms with E-state index in [1.54, 1.807) is 26.1 Å². The van der Waals surface area contributed by atoms with Gasteiger partial charge in [-0.15, -0.1) is 0 Å². The van der Waals surface area contributed by atoms with E-state index in [1.165, 1.54) is 0 Å². The average molecular weight is 560 g/mol. The monoisotopic (exact) mass is 559 g/mol. The summed E-state index contributed by atoms with van der Waals surface area (Å²) in [6.07, 6.45) is 1.27. The fourth-order valence-electron chi connectivity index (χ4n) is 4.06. The number of nitrogens with one attached hydrogen (secondary N) is 4. The number of aliphatic carboxylic acids is 1. The number of carbonyl (C=O) groups excluding carboxylic acids is 5. The Morgan fingerprint density at radius 3 is 2.15 bits per heavy atom. The van der Waals surface area contributed by atoms with Crippen molar-refractivity contribution in [1.29, 1.82) is 0 Å². The van der Waals surface area contributed by atoms with Crippen molar-refractivity contribution >= 4 is 46.4 Å². The summed E-state index contributed by atoms with van der Waals surface area (Å²) in [4.78, 5) is 76.8. The van der Waals surface area contributed by atoms with Gasteiger partial charge in [0.05, 0.1) is 12.5 Å². The molecule has 14 heteroatoms. The minimum atomic E-state index is -1.51. The fourth-order valence-corrected chi connectivity index (χ4v) is 4.06. The SMILES string of the molecule is CCC(C)C(NC(=O)C(CC(N)=O)NC(=O)C(Cc1c[nH]c2ccccc12)NC(=O)C(N)CCC(N)=O)C(=O)O. The summed E-state index contributed by atoms with van der Waals surface area (Å²) in [6, 6.07) is 2.08. The molecule has 5 atom stereocenters. The normalized spacial score (nSPS) is 14.8. The van der Waals surface area contributed by atoms with Crippen molar-refractivity contribution < 1.29 is 33.9 Å². The molecule has 2 aromatic rings. The number of fused-ring (bicyclic) bond motifs is 1. The Kier molecular flexibility index (Phi) is 11.6. The number of primary amides is 2. The first-order valence-corrected chi connectivity index (χ1v) is 12.8. The van der Waals surface area contributed by atoms with Crippen molar-refractivity contribution in [2.75, 3.05) is 0 Å². The summed E-state index contributed by atoms with van der Waals surface area (Å²) in [7, 11) is 0. The Morgan fingerprint density at radius 2 is 1.55 bits per heavy atom. The van der Waals surface area contributed by atoms with Gasteiger partial charge in [0.25, 0.3) is 0 Å². The summed E-state index contributed by atoms with van der Waals surface area (Å²) in [5.41, 5.74) is 17.8. The Bertz CT molecular complexity index is 1240. The van der Waals surface area contributed by atoms with Gasteiger partial charge in [0.2, 0.25) is 29.5 Å². The van der Waals surface area contributed by atoms with E-state index in [4.69, 9.17) is 17.2 Å². The van der Waals surface area contributed by atoms with Crippen molar-refractivity contribution in [3.05, 3.63) is 36.0 Å². The summed E-state index contributed by atoms with van der Waals surface area (Å²) >= 11 is 0. The van der Waals surface area contributed by atoms with Gasteiger partial charge in [-0.3, -0.25) is 24.0 Å². The van der Waals surface area contributed by atoms with E-state index in [0.717, 1.165) is 10.9 Å². The van der Waals surface area contributed by atoms with Crippen LogP contribution in [0.3, 0.4) is 0 Å². The Morgan fingerprint density at radius 1 is 0.925 bits per heavy atom. The zero-order valence-electron chi connectivity index (χ0n) is 22.4. The van der Waals surface area contributed by atoms with Crippen LogP contribution in [-0.4, -0.2) is 69.8 Å². The molecule has 5 unspecified atom stereocenters. The lowest BCUT2D eigenvalue weighted by Gasteiger charge is -2.26. The zero-order valence-corrected chi connectivity index (χ0v) is 22.4. The molecule has 0 radical (unpaired) electrons. The number of hydrogen-bond acceptors (Lipinski definition) is 7. The number of rotatable bonds is 16. The number of carboxylic acids is 1. The first-order chi connectivity index (χ1) is 18.8. The maximum absolute atomic E-state index is 13.4. The van der Waals surface area contributed by atoms with Crippen LogP contribution >= 0.6 is 0 Å². The molecule has 0 aliphatic carbocycles. The smallest absolute Gasteiger partial charge is 0.326 e. The lowest BCUT2D eigenvalue weighted by atomic mass is 9.98. The molecule has 0 aliphatic rings. The molecule has 0 saturated carbocycles. The lowest BCUT2D eigenvalue weighted by molar-refractivity contribution is -0.144. The van der Waals surface area contributed by atoms with Crippen LogP contribution in [0.5, 0.6) is 0 Å². The topological polar surface area (TPSA) is 253 Å². The van der Waals surface area contributed by atoms with Gasteiger partial charge in [-0.2, -0.15) is 0 Å². The van der Waals surface area contributed by atoms with Gasteiger partial charge in [-0.25, -0.2) is 4.79 Å². The van der Waals surface area contributed by atoms with Crippen LogP contribution in [0.2, 0.25) is 0 Å².